The lowest BCUT2D eigenvalue weighted by Gasteiger charge is -2.32. The van der Waals surface area contributed by atoms with E-state index in [1.807, 2.05) is 39.8 Å². The monoisotopic (exact) mass is 300 g/mol. The quantitative estimate of drug-likeness (QED) is 0.837. The molecule has 0 saturated heterocycles. The van der Waals surface area contributed by atoms with Gasteiger partial charge in [0.1, 0.15) is 11.5 Å². The van der Waals surface area contributed by atoms with Gasteiger partial charge in [0.2, 0.25) is 0 Å². The molecule has 1 aromatic carbocycles. The van der Waals surface area contributed by atoms with Crippen molar-refractivity contribution in [1.82, 2.24) is 9.88 Å². The third-order valence-electron chi connectivity index (χ3n) is 3.75. The number of aromatic nitrogens is 1. The van der Waals surface area contributed by atoms with Crippen molar-refractivity contribution in [3.63, 3.8) is 0 Å². The van der Waals surface area contributed by atoms with Crippen LogP contribution in [-0.4, -0.2) is 28.4 Å². The van der Waals surface area contributed by atoms with Crippen LogP contribution in [0.15, 0.2) is 36.5 Å². The summed E-state index contributed by atoms with van der Waals surface area (Å²) in [5.74, 6) is -0.404. The zero-order valence-corrected chi connectivity index (χ0v) is 13.6. The molecule has 0 saturated carbocycles. The maximum absolute atomic E-state index is 13.3. The Kier molecular flexibility index (Phi) is 4.31. The van der Waals surface area contributed by atoms with Crippen LogP contribution in [0.2, 0.25) is 0 Å². The number of carbonyl (C=O) groups is 1. The van der Waals surface area contributed by atoms with Crippen molar-refractivity contribution in [2.24, 2.45) is 0 Å². The molecule has 1 amide bonds. The van der Waals surface area contributed by atoms with Gasteiger partial charge in [0.15, 0.2) is 0 Å². The maximum atomic E-state index is 13.3. The average molecular weight is 300 g/mol. The Morgan fingerprint density at radius 3 is 2.41 bits per heavy atom. The van der Waals surface area contributed by atoms with Gasteiger partial charge in [0.05, 0.1) is 0 Å². The van der Waals surface area contributed by atoms with Crippen LogP contribution in [0.3, 0.4) is 0 Å². The van der Waals surface area contributed by atoms with Crippen molar-refractivity contribution in [2.75, 3.05) is 7.05 Å². The molecular formula is C18H21FN2O. The number of amides is 1. The summed E-state index contributed by atoms with van der Waals surface area (Å²) in [7, 11) is 1.77. The molecule has 0 aliphatic heterocycles. The Morgan fingerprint density at radius 2 is 1.86 bits per heavy atom. The van der Waals surface area contributed by atoms with E-state index >= 15 is 0 Å². The summed E-state index contributed by atoms with van der Waals surface area (Å²) in [5.41, 5.74) is 2.48. The van der Waals surface area contributed by atoms with Gasteiger partial charge in [-0.1, -0.05) is 12.1 Å². The van der Waals surface area contributed by atoms with Crippen LogP contribution in [0.1, 0.15) is 36.8 Å². The average Bonchev–Trinajstić information content (AvgIpc) is 2.44. The molecule has 4 heteroatoms. The Morgan fingerprint density at radius 1 is 1.18 bits per heavy atom. The van der Waals surface area contributed by atoms with Gasteiger partial charge in [-0.25, -0.2) is 4.39 Å². The standard InChI is InChI=1S/C18H21FN2O/c1-12-9-14(13-7-6-8-15(19)10-13)11-20-16(12)17(22)21(5)18(2,3)4/h6-11H,1-5H3. The summed E-state index contributed by atoms with van der Waals surface area (Å²) in [6.07, 6.45) is 1.62. The second-order valence-corrected chi connectivity index (χ2v) is 6.43. The summed E-state index contributed by atoms with van der Waals surface area (Å²) in [5, 5.41) is 0. The number of nitrogens with zero attached hydrogens (tertiary/aromatic N) is 2. The van der Waals surface area contributed by atoms with Gasteiger partial charge in [-0.05, 0) is 57.0 Å². The van der Waals surface area contributed by atoms with Crippen LogP contribution >= 0.6 is 0 Å². The molecule has 0 bridgehead atoms. The second kappa shape index (κ2) is 5.87. The zero-order chi connectivity index (χ0) is 16.5. The Bertz CT molecular complexity index is 704. The fraction of sp³-hybridized carbons (Fsp3) is 0.333. The fourth-order valence-corrected chi connectivity index (χ4v) is 2.09. The van der Waals surface area contributed by atoms with Gasteiger partial charge in [-0.3, -0.25) is 9.78 Å². The highest BCUT2D eigenvalue weighted by Crippen LogP contribution is 2.23. The minimum absolute atomic E-state index is 0.115. The number of hydrogen-bond acceptors (Lipinski definition) is 2. The summed E-state index contributed by atoms with van der Waals surface area (Å²) in [6.45, 7) is 7.77. The van der Waals surface area contributed by atoms with E-state index in [1.54, 1.807) is 24.2 Å². The van der Waals surface area contributed by atoms with E-state index in [-0.39, 0.29) is 17.3 Å². The van der Waals surface area contributed by atoms with Crippen molar-refractivity contribution in [2.45, 2.75) is 33.2 Å². The molecular weight excluding hydrogens is 279 g/mol. The van der Waals surface area contributed by atoms with E-state index in [0.29, 0.717) is 5.69 Å². The SMILES string of the molecule is Cc1cc(-c2cccc(F)c2)cnc1C(=O)N(C)C(C)(C)C. The lowest BCUT2D eigenvalue weighted by Crippen LogP contribution is -2.43. The van der Waals surface area contributed by atoms with Crippen molar-refractivity contribution in [3.05, 3.63) is 53.6 Å². The van der Waals surface area contributed by atoms with Gasteiger partial charge in [-0.15, -0.1) is 0 Å². The molecule has 0 aliphatic carbocycles. The van der Waals surface area contributed by atoms with Gasteiger partial charge in [0.25, 0.3) is 5.91 Å². The Hall–Kier alpha value is -2.23. The van der Waals surface area contributed by atoms with Crippen LogP contribution in [0.25, 0.3) is 11.1 Å². The topological polar surface area (TPSA) is 33.2 Å². The van der Waals surface area contributed by atoms with E-state index < -0.39 is 0 Å². The summed E-state index contributed by atoms with van der Waals surface area (Å²) >= 11 is 0. The Balaban J connectivity index is 2.37. The number of rotatable bonds is 2. The minimum Gasteiger partial charge on any atom is -0.336 e. The molecule has 2 aromatic rings. The first-order valence-electron chi connectivity index (χ1n) is 7.21. The van der Waals surface area contributed by atoms with Crippen LogP contribution < -0.4 is 0 Å². The first-order valence-corrected chi connectivity index (χ1v) is 7.21. The molecule has 0 spiro atoms. The Labute approximate surface area is 130 Å². The third kappa shape index (κ3) is 3.32. The van der Waals surface area contributed by atoms with Gasteiger partial charge in [-0.2, -0.15) is 0 Å². The first kappa shape index (κ1) is 16.1. The molecule has 2 rings (SSSR count). The molecule has 0 N–H and O–H groups in total. The first-order chi connectivity index (χ1) is 10.2. The molecule has 0 unspecified atom stereocenters. The number of hydrogen-bond donors (Lipinski definition) is 0. The zero-order valence-electron chi connectivity index (χ0n) is 13.6. The minimum atomic E-state index is -0.289. The maximum Gasteiger partial charge on any atom is 0.272 e. The molecule has 116 valence electrons. The number of carbonyl (C=O) groups excluding carboxylic acids is 1. The van der Waals surface area contributed by atoms with E-state index in [4.69, 9.17) is 0 Å². The lowest BCUT2D eigenvalue weighted by atomic mass is 10.0. The third-order valence-corrected chi connectivity index (χ3v) is 3.75. The predicted molar refractivity (Wildman–Crippen MR) is 86.2 cm³/mol. The second-order valence-electron chi connectivity index (χ2n) is 6.43. The van der Waals surface area contributed by atoms with E-state index in [2.05, 4.69) is 4.98 Å². The van der Waals surface area contributed by atoms with Crippen LogP contribution in [-0.2, 0) is 0 Å². The largest absolute Gasteiger partial charge is 0.336 e. The molecule has 0 aliphatic rings. The van der Waals surface area contributed by atoms with E-state index in [0.717, 1.165) is 16.7 Å². The van der Waals surface area contributed by atoms with Crippen LogP contribution in [0.4, 0.5) is 4.39 Å². The van der Waals surface area contributed by atoms with Crippen LogP contribution in [0, 0.1) is 12.7 Å². The summed E-state index contributed by atoms with van der Waals surface area (Å²) < 4.78 is 13.3. The smallest absolute Gasteiger partial charge is 0.272 e. The number of benzene rings is 1. The van der Waals surface area contributed by atoms with Crippen molar-refractivity contribution in [1.29, 1.82) is 0 Å². The molecule has 0 fully saturated rings. The van der Waals surface area contributed by atoms with Crippen molar-refractivity contribution < 1.29 is 9.18 Å². The van der Waals surface area contributed by atoms with E-state index in [9.17, 15) is 9.18 Å². The van der Waals surface area contributed by atoms with Crippen LogP contribution in [0.5, 0.6) is 0 Å². The number of aryl methyl sites for hydroxylation is 1. The van der Waals surface area contributed by atoms with E-state index in [1.165, 1.54) is 12.1 Å². The molecule has 0 atom stereocenters. The molecule has 1 heterocycles. The molecule has 22 heavy (non-hydrogen) atoms. The van der Waals surface area contributed by atoms with Gasteiger partial charge < -0.3 is 4.90 Å². The number of pyridine rings is 1. The summed E-state index contributed by atoms with van der Waals surface area (Å²) in [6, 6.07) is 8.21. The van der Waals surface area contributed by atoms with Crippen molar-refractivity contribution >= 4 is 5.91 Å². The van der Waals surface area contributed by atoms with Gasteiger partial charge >= 0.3 is 0 Å². The highest BCUT2D eigenvalue weighted by atomic mass is 19.1. The predicted octanol–water partition coefficient (Wildman–Crippen LogP) is 4.07. The van der Waals surface area contributed by atoms with Gasteiger partial charge in [0, 0.05) is 24.3 Å². The molecule has 1 aromatic heterocycles. The highest BCUT2D eigenvalue weighted by molar-refractivity contribution is 5.94. The lowest BCUT2D eigenvalue weighted by molar-refractivity contribution is 0.0649. The van der Waals surface area contributed by atoms with Crippen molar-refractivity contribution in [3.8, 4) is 11.1 Å². The number of halogens is 1. The fourth-order valence-electron chi connectivity index (χ4n) is 2.09. The normalized spacial score (nSPS) is 11.4. The molecule has 3 nitrogen and oxygen atoms in total. The summed E-state index contributed by atoms with van der Waals surface area (Å²) in [4.78, 5) is 18.5. The highest BCUT2D eigenvalue weighted by Gasteiger charge is 2.25. The molecule has 0 radical (unpaired) electrons.